The average Bonchev–Trinajstić information content (AvgIpc) is 2.49. The SMILES string of the molecule is CCOC(=O)CSCc1ccccc1NC(C)C(=O)OCC. The first-order valence-electron chi connectivity index (χ1n) is 7.32. The third-order valence-electron chi connectivity index (χ3n) is 2.81. The molecular formula is C16H23NO4S. The van der Waals surface area contributed by atoms with E-state index >= 15 is 0 Å². The van der Waals surface area contributed by atoms with Gasteiger partial charge in [0.2, 0.25) is 0 Å². The molecule has 1 aromatic carbocycles. The van der Waals surface area contributed by atoms with Crippen molar-refractivity contribution in [3.63, 3.8) is 0 Å². The van der Waals surface area contributed by atoms with Crippen molar-refractivity contribution in [2.24, 2.45) is 0 Å². The minimum Gasteiger partial charge on any atom is -0.465 e. The van der Waals surface area contributed by atoms with Gasteiger partial charge < -0.3 is 14.8 Å². The van der Waals surface area contributed by atoms with Crippen molar-refractivity contribution in [3.8, 4) is 0 Å². The molecule has 5 nitrogen and oxygen atoms in total. The zero-order valence-corrected chi connectivity index (χ0v) is 14.1. The van der Waals surface area contributed by atoms with Gasteiger partial charge in [-0.15, -0.1) is 11.8 Å². The van der Waals surface area contributed by atoms with Crippen LogP contribution in [0.1, 0.15) is 26.3 Å². The van der Waals surface area contributed by atoms with Gasteiger partial charge in [0.05, 0.1) is 19.0 Å². The average molecular weight is 325 g/mol. The lowest BCUT2D eigenvalue weighted by Gasteiger charge is -2.16. The molecule has 1 aromatic rings. The van der Waals surface area contributed by atoms with E-state index in [2.05, 4.69) is 5.32 Å². The van der Waals surface area contributed by atoms with Crippen LogP contribution >= 0.6 is 11.8 Å². The summed E-state index contributed by atoms with van der Waals surface area (Å²) in [5, 5.41) is 3.15. The van der Waals surface area contributed by atoms with Gasteiger partial charge in [0.15, 0.2) is 0 Å². The molecule has 0 saturated heterocycles. The van der Waals surface area contributed by atoms with E-state index in [1.807, 2.05) is 24.3 Å². The van der Waals surface area contributed by atoms with Gasteiger partial charge in [-0.3, -0.25) is 4.79 Å². The largest absolute Gasteiger partial charge is 0.465 e. The fourth-order valence-electron chi connectivity index (χ4n) is 1.79. The molecule has 0 aliphatic heterocycles. The van der Waals surface area contributed by atoms with Gasteiger partial charge in [0.25, 0.3) is 0 Å². The highest BCUT2D eigenvalue weighted by Gasteiger charge is 2.15. The lowest BCUT2D eigenvalue weighted by Crippen LogP contribution is -2.28. The first-order chi connectivity index (χ1) is 10.6. The molecule has 0 aliphatic rings. The third kappa shape index (κ3) is 6.39. The van der Waals surface area contributed by atoms with Gasteiger partial charge in [-0.25, -0.2) is 4.79 Å². The van der Waals surface area contributed by atoms with Crippen molar-refractivity contribution < 1.29 is 19.1 Å². The van der Waals surface area contributed by atoms with E-state index in [0.717, 1.165) is 11.3 Å². The number of hydrogen-bond acceptors (Lipinski definition) is 6. The summed E-state index contributed by atoms with van der Waals surface area (Å²) in [6.45, 7) is 6.10. The molecule has 1 rings (SSSR count). The van der Waals surface area contributed by atoms with E-state index < -0.39 is 6.04 Å². The van der Waals surface area contributed by atoms with Gasteiger partial charge in [0, 0.05) is 11.4 Å². The molecule has 0 radical (unpaired) electrons. The Morgan fingerprint density at radius 3 is 2.55 bits per heavy atom. The molecular weight excluding hydrogens is 302 g/mol. The maximum absolute atomic E-state index is 11.7. The summed E-state index contributed by atoms with van der Waals surface area (Å²) in [5.74, 6) is 0.488. The van der Waals surface area contributed by atoms with E-state index in [9.17, 15) is 9.59 Å². The van der Waals surface area contributed by atoms with Crippen molar-refractivity contribution in [3.05, 3.63) is 29.8 Å². The predicted molar refractivity (Wildman–Crippen MR) is 89.0 cm³/mol. The monoisotopic (exact) mass is 325 g/mol. The first kappa shape index (κ1) is 18.4. The van der Waals surface area contributed by atoms with Crippen molar-refractivity contribution in [2.75, 3.05) is 24.3 Å². The molecule has 0 heterocycles. The van der Waals surface area contributed by atoms with Gasteiger partial charge in [0.1, 0.15) is 6.04 Å². The third-order valence-corrected chi connectivity index (χ3v) is 3.77. The molecule has 0 saturated carbocycles. The van der Waals surface area contributed by atoms with Crippen LogP contribution in [0.25, 0.3) is 0 Å². The number of benzene rings is 1. The Bertz CT molecular complexity index is 493. The fourth-order valence-corrected chi connectivity index (χ4v) is 2.62. The van der Waals surface area contributed by atoms with E-state index in [0.29, 0.717) is 24.7 Å². The standard InChI is InChI=1S/C16H23NO4S/c1-4-20-15(18)11-22-10-13-8-6-7-9-14(13)17-12(3)16(19)21-5-2/h6-9,12,17H,4-5,10-11H2,1-3H3. The fraction of sp³-hybridized carbons (Fsp3) is 0.500. The Morgan fingerprint density at radius 1 is 1.18 bits per heavy atom. The Morgan fingerprint density at radius 2 is 1.86 bits per heavy atom. The van der Waals surface area contributed by atoms with Crippen LogP contribution in [-0.4, -0.2) is 36.9 Å². The Kier molecular flexibility index (Phi) is 8.43. The smallest absolute Gasteiger partial charge is 0.328 e. The molecule has 1 unspecified atom stereocenters. The highest BCUT2D eigenvalue weighted by molar-refractivity contribution is 7.99. The number of hydrogen-bond donors (Lipinski definition) is 1. The number of para-hydroxylation sites is 1. The summed E-state index contributed by atoms with van der Waals surface area (Å²) in [6.07, 6.45) is 0. The number of nitrogens with one attached hydrogen (secondary N) is 1. The quantitative estimate of drug-likeness (QED) is 0.704. The summed E-state index contributed by atoms with van der Waals surface area (Å²) in [4.78, 5) is 23.0. The van der Waals surface area contributed by atoms with Gasteiger partial charge in [-0.1, -0.05) is 18.2 Å². The minimum atomic E-state index is -0.420. The Balaban J connectivity index is 2.58. The molecule has 0 spiro atoms. The summed E-state index contributed by atoms with van der Waals surface area (Å²) in [6, 6.07) is 7.30. The molecule has 0 bridgehead atoms. The topological polar surface area (TPSA) is 64.6 Å². The number of carbonyl (C=O) groups excluding carboxylic acids is 2. The van der Waals surface area contributed by atoms with E-state index in [1.165, 1.54) is 11.8 Å². The molecule has 122 valence electrons. The normalized spacial score (nSPS) is 11.6. The Labute approximate surface area is 135 Å². The molecule has 0 aromatic heterocycles. The van der Waals surface area contributed by atoms with Crippen molar-refractivity contribution >= 4 is 29.4 Å². The van der Waals surface area contributed by atoms with Gasteiger partial charge >= 0.3 is 11.9 Å². The number of thioether (sulfide) groups is 1. The van der Waals surface area contributed by atoms with E-state index in [-0.39, 0.29) is 11.9 Å². The summed E-state index contributed by atoms with van der Waals surface area (Å²) in [5.41, 5.74) is 1.91. The van der Waals surface area contributed by atoms with Crippen molar-refractivity contribution in [1.29, 1.82) is 0 Å². The zero-order chi connectivity index (χ0) is 16.4. The lowest BCUT2D eigenvalue weighted by atomic mass is 10.2. The molecule has 0 aliphatic carbocycles. The number of ether oxygens (including phenoxy) is 2. The van der Waals surface area contributed by atoms with Crippen LogP contribution in [-0.2, 0) is 24.8 Å². The Hall–Kier alpha value is -1.69. The zero-order valence-electron chi connectivity index (χ0n) is 13.3. The minimum absolute atomic E-state index is 0.210. The maximum atomic E-state index is 11.7. The predicted octanol–water partition coefficient (Wildman–Crippen LogP) is 2.85. The first-order valence-corrected chi connectivity index (χ1v) is 8.48. The van der Waals surface area contributed by atoms with E-state index in [1.54, 1.807) is 20.8 Å². The summed E-state index contributed by atoms with van der Waals surface area (Å²) >= 11 is 1.48. The van der Waals surface area contributed by atoms with Gasteiger partial charge in [-0.2, -0.15) is 0 Å². The number of anilines is 1. The molecule has 6 heteroatoms. The van der Waals surface area contributed by atoms with Crippen molar-refractivity contribution in [1.82, 2.24) is 0 Å². The van der Waals surface area contributed by atoms with Crippen molar-refractivity contribution in [2.45, 2.75) is 32.6 Å². The second-order valence-corrected chi connectivity index (χ2v) is 5.56. The summed E-state index contributed by atoms with van der Waals surface area (Å²) < 4.78 is 9.88. The second-order valence-electron chi connectivity index (χ2n) is 4.57. The lowest BCUT2D eigenvalue weighted by molar-refractivity contribution is -0.143. The van der Waals surface area contributed by atoms with E-state index in [4.69, 9.17) is 9.47 Å². The number of carbonyl (C=O) groups is 2. The van der Waals surface area contributed by atoms with Crippen LogP contribution in [0, 0.1) is 0 Å². The highest BCUT2D eigenvalue weighted by atomic mass is 32.2. The van der Waals surface area contributed by atoms with Crippen LogP contribution in [0.15, 0.2) is 24.3 Å². The molecule has 0 amide bonds. The number of esters is 2. The summed E-state index contributed by atoms with van der Waals surface area (Å²) in [7, 11) is 0. The van der Waals surface area contributed by atoms with Crippen LogP contribution < -0.4 is 5.32 Å². The van der Waals surface area contributed by atoms with Gasteiger partial charge in [-0.05, 0) is 32.4 Å². The molecule has 0 fully saturated rings. The van der Waals surface area contributed by atoms with Crippen LogP contribution in [0.2, 0.25) is 0 Å². The maximum Gasteiger partial charge on any atom is 0.328 e. The number of rotatable bonds is 9. The second kappa shape index (κ2) is 10.1. The van der Waals surface area contributed by atoms with Crippen LogP contribution in [0.4, 0.5) is 5.69 Å². The molecule has 22 heavy (non-hydrogen) atoms. The van der Waals surface area contributed by atoms with Crippen LogP contribution in [0.5, 0.6) is 0 Å². The highest BCUT2D eigenvalue weighted by Crippen LogP contribution is 2.22. The molecule has 1 N–H and O–H groups in total. The molecule has 1 atom stereocenters. The van der Waals surface area contributed by atoms with Crippen LogP contribution in [0.3, 0.4) is 0 Å².